The molecule has 0 bridgehead atoms. The second kappa shape index (κ2) is 17.9. The molecule has 6 aromatic rings. The fraction of sp³-hybridized carbons (Fsp3) is 0.115. The van der Waals surface area contributed by atoms with E-state index in [4.69, 9.17) is 0 Å². The first-order chi connectivity index (χ1) is 26.5. The molecule has 54 heavy (non-hydrogen) atoms. The van der Waals surface area contributed by atoms with Gasteiger partial charge in [0.15, 0.2) is 0 Å². The maximum absolute atomic E-state index is 3.56. The van der Waals surface area contributed by atoms with E-state index in [9.17, 15) is 0 Å². The fourth-order valence-electron chi connectivity index (χ4n) is 7.02. The Bertz CT molecular complexity index is 2220. The van der Waals surface area contributed by atoms with Crippen molar-refractivity contribution in [3.8, 4) is 22.3 Å². The van der Waals surface area contributed by atoms with Gasteiger partial charge in [0.25, 0.3) is 0 Å². The van der Waals surface area contributed by atoms with Gasteiger partial charge in [0.05, 0.1) is 5.69 Å². The van der Waals surface area contributed by atoms with Gasteiger partial charge in [-0.25, -0.2) is 0 Å². The maximum Gasteiger partial charge on any atom is 0.0503 e. The SMILES string of the molecule is C/C=C/C1=CCC2C(=C1)N(c1ccccc1)c1cc(-c3ccc(-c4cccc(N(c5ccccc5)c5ccccc5)c4)cc3)ccc12.C=CC(=C)C.CC. The molecule has 1 aliphatic carbocycles. The molecule has 2 nitrogen and oxygen atoms in total. The third-order valence-electron chi connectivity index (χ3n) is 9.57. The highest BCUT2D eigenvalue weighted by molar-refractivity contribution is 5.84. The van der Waals surface area contributed by atoms with E-state index in [2.05, 4.69) is 212 Å². The van der Waals surface area contributed by atoms with Crippen LogP contribution in [0, 0.1) is 0 Å². The van der Waals surface area contributed by atoms with Crippen molar-refractivity contribution in [3.63, 3.8) is 0 Å². The summed E-state index contributed by atoms with van der Waals surface area (Å²) < 4.78 is 0. The van der Waals surface area contributed by atoms with Crippen LogP contribution in [0.25, 0.3) is 22.3 Å². The standard InChI is InChI=1S/C45H36N2.C5H8.C2H6/c1-2-13-33-22-28-42-43-29-27-37(32-45(43)47(44(42)30-33)40-19-10-5-11-20-40)35-25-23-34(24-26-35)36-14-12-21-41(31-36)46(38-15-6-3-7-16-38)39-17-8-4-9-18-39;1-4-5(2)3;1-2/h2-27,29-32,42H,28H2,1H3;4H,1-2H2,3H3;1-2H3/b13-2+;;. The Kier molecular flexibility index (Phi) is 12.4. The van der Waals surface area contributed by atoms with Crippen LogP contribution in [-0.2, 0) is 0 Å². The Morgan fingerprint density at radius 2 is 1.17 bits per heavy atom. The monoisotopic (exact) mass is 702 g/mol. The van der Waals surface area contributed by atoms with Crippen molar-refractivity contribution in [1.29, 1.82) is 0 Å². The van der Waals surface area contributed by atoms with Crippen molar-refractivity contribution in [2.45, 2.75) is 40.0 Å². The van der Waals surface area contributed by atoms with Gasteiger partial charge in [-0.3, -0.25) is 0 Å². The number of rotatable bonds is 8. The molecule has 2 heteroatoms. The van der Waals surface area contributed by atoms with Crippen LogP contribution >= 0.6 is 0 Å². The number of para-hydroxylation sites is 3. The summed E-state index contributed by atoms with van der Waals surface area (Å²) >= 11 is 0. The molecule has 1 heterocycles. The summed E-state index contributed by atoms with van der Waals surface area (Å²) in [6.07, 6.45) is 11.8. The van der Waals surface area contributed by atoms with Crippen LogP contribution < -0.4 is 9.80 Å². The molecule has 1 unspecified atom stereocenters. The zero-order valence-electron chi connectivity index (χ0n) is 32.0. The van der Waals surface area contributed by atoms with Gasteiger partial charge in [-0.1, -0.05) is 160 Å². The molecule has 0 N–H and O–H groups in total. The highest BCUT2D eigenvalue weighted by atomic mass is 15.2. The van der Waals surface area contributed by atoms with Crippen molar-refractivity contribution in [2.75, 3.05) is 9.80 Å². The normalized spacial score (nSPS) is 13.9. The first kappa shape index (κ1) is 37.4. The van der Waals surface area contributed by atoms with Crippen molar-refractivity contribution in [3.05, 3.63) is 224 Å². The third kappa shape index (κ3) is 8.30. The minimum atomic E-state index is 0.370. The molecule has 0 saturated carbocycles. The van der Waals surface area contributed by atoms with E-state index in [1.807, 2.05) is 20.8 Å². The Hall–Kier alpha value is -6.38. The Balaban J connectivity index is 0.000000659. The van der Waals surface area contributed by atoms with Crippen LogP contribution in [0.15, 0.2) is 218 Å². The van der Waals surface area contributed by atoms with Crippen LogP contribution in [0.4, 0.5) is 28.4 Å². The summed E-state index contributed by atoms with van der Waals surface area (Å²) in [6.45, 7) is 15.0. The van der Waals surface area contributed by atoms with Gasteiger partial charge in [0, 0.05) is 34.4 Å². The lowest BCUT2D eigenvalue weighted by Gasteiger charge is -2.26. The van der Waals surface area contributed by atoms with Gasteiger partial charge < -0.3 is 9.80 Å². The highest BCUT2D eigenvalue weighted by Gasteiger charge is 2.35. The fourth-order valence-corrected chi connectivity index (χ4v) is 7.02. The molecule has 268 valence electrons. The van der Waals surface area contributed by atoms with Crippen LogP contribution in [0.3, 0.4) is 0 Å². The minimum Gasteiger partial charge on any atom is -0.313 e. The van der Waals surface area contributed by atoms with Gasteiger partial charge in [0.2, 0.25) is 0 Å². The maximum atomic E-state index is 3.56. The lowest BCUT2D eigenvalue weighted by Crippen LogP contribution is -2.15. The zero-order chi connectivity index (χ0) is 37.9. The molecule has 0 radical (unpaired) electrons. The summed E-state index contributed by atoms with van der Waals surface area (Å²) in [5, 5.41) is 0. The smallest absolute Gasteiger partial charge is 0.0503 e. The van der Waals surface area contributed by atoms with Crippen LogP contribution in [0.1, 0.15) is 45.6 Å². The zero-order valence-corrected chi connectivity index (χ0v) is 32.0. The molecule has 0 fully saturated rings. The van der Waals surface area contributed by atoms with Gasteiger partial charge in [-0.15, -0.1) is 0 Å². The van der Waals surface area contributed by atoms with Crippen molar-refractivity contribution >= 4 is 28.4 Å². The number of hydrogen-bond donors (Lipinski definition) is 0. The van der Waals surface area contributed by atoms with Crippen LogP contribution in [0.5, 0.6) is 0 Å². The molecule has 0 spiro atoms. The molecule has 6 aromatic carbocycles. The Morgan fingerprint density at radius 3 is 1.72 bits per heavy atom. The van der Waals surface area contributed by atoms with E-state index in [-0.39, 0.29) is 0 Å². The largest absolute Gasteiger partial charge is 0.313 e. The molecule has 0 aromatic heterocycles. The van der Waals surface area contributed by atoms with Crippen LogP contribution in [-0.4, -0.2) is 0 Å². The van der Waals surface area contributed by atoms with Gasteiger partial charge in [-0.05, 0) is 114 Å². The van der Waals surface area contributed by atoms with E-state index in [1.54, 1.807) is 6.08 Å². The third-order valence-corrected chi connectivity index (χ3v) is 9.57. The predicted octanol–water partition coefficient (Wildman–Crippen LogP) is 15.3. The molecule has 1 aliphatic heterocycles. The Labute approximate surface area is 323 Å². The Morgan fingerprint density at radius 1 is 0.648 bits per heavy atom. The first-order valence-corrected chi connectivity index (χ1v) is 19.0. The summed E-state index contributed by atoms with van der Waals surface area (Å²) in [6, 6.07) is 56.8. The van der Waals surface area contributed by atoms with Gasteiger partial charge in [0.1, 0.15) is 0 Å². The molecule has 2 aliphatic rings. The van der Waals surface area contributed by atoms with Crippen LogP contribution in [0.2, 0.25) is 0 Å². The number of allylic oxidation sites excluding steroid dienone is 8. The van der Waals surface area contributed by atoms with E-state index < -0.39 is 0 Å². The van der Waals surface area contributed by atoms with Crippen molar-refractivity contribution in [1.82, 2.24) is 0 Å². The number of benzene rings is 6. The lowest BCUT2D eigenvalue weighted by molar-refractivity contribution is 0.814. The molecule has 0 amide bonds. The predicted molar refractivity (Wildman–Crippen MR) is 235 cm³/mol. The van der Waals surface area contributed by atoms with E-state index >= 15 is 0 Å². The quantitative estimate of drug-likeness (QED) is 0.146. The van der Waals surface area contributed by atoms with Gasteiger partial charge in [-0.2, -0.15) is 0 Å². The number of nitrogens with zero attached hydrogens (tertiary/aromatic N) is 2. The molecular weight excluding hydrogens is 653 g/mol. The van der Waals surface area contributed by atoms with Gasteiger partial charge >= 0.3 is 0 Å². The highest BCUT2D eigenvalue weighted by Crippen LogP contribution is 2.52. The second-order valence-corrected chi connectivity index (χ2v) is 13.2. The minimum absolute atomic E-state index is 0.370. The average molecular weight is 703 g/mol. The van der Waals surface area contributed by atoms with E-state index in [0.29, 0.717) is 5.92 Å². The topological polar surface area (TPSA) is 6.48 Å². The van der Waals surface area contributed by atoms with Crippen molar-refractivity contribution < 1.29 is 0 Å². The first-order valence-electron chi connectivity index (χ1n) is 19.0. The molecule has 8 rings (SSSR count). The lowest BCUT2D eigenvalue weighted by atomic mass is 9.88. The number of anilines is 5. The summed E-state index contributed by atoms with van der Waals surface area (Å²) in [5.74, 6) is 0.370. The van der Waals surface area contributed by atoms with Crippen molar-refractivity contribution in [2.24, 2.45) is 0 Å². The number of hydrogen-bond acceptors (Lipinski definition) is 2. The summed E-state index contributed by atoms with van der Waals surface area (Å²) in [7, 11) is 0. The van der Waals surface area contributed by atoms with E-state index in [0.717, 1.165) is 29.1 Å². The molecule has 1 atom stereocenters. The molecule has 0 saturated heterocycles. The van der Waals surface area contributed by atoms with E-state index in [1.165, 1.54) is 50.5 Å². The number of fused-ring (bicyclic) bond motifs is 3. The molecular formula is C52H50N2. The summed E-state index contributed by atoms with van der Waals surface area (Å²) in [4.78, 5) is 4.77. The summed E-state index contributed by atoms with van der Waals surface area (Å²) in [5.41, 5.74) is 15.8. The average Bonchev–Trinajstić information content (AvgIpc) is 3.56. The second-order valence-electron chi connectivity index (χ2n) is 13.2.